The third kappa shape index (κ3) is 2.47. The highest BCUT2D eigenvalue weighted by atomic mass is 19.4. The lowest BCUT2D eigenvalue weighted by atomic mass is 10.1. The fraction of sp³-hybridized carbons (Fsp3) is 0.625. The Morgan fingerprint density at radius 1 is 1.50 bits per heavy atom. The standard InChI is InChI=1S/C8H12F3N3/c1-14-5-6(3-2-4-12)7(13-14)8(9,10)11/h5H,2-4,12H2,1H3. The Morgan fingerprint density at radius 2 is 2.14 bits per heavy atom. The molecule has 0 bridgehead atoms. The lowest BCUT2D eigenvalue weighted by Gasteiger charge is -2.04. The van der Waals surface area contributed by atoms with Crippen molar-refractivity contribution >= 4 is 0 Å². The molecule has 0 fully saturated rings. The van der Waals surface area contributed by atoms with E-state index in [-0.39, 0.29) is 5.56 Å². The molecule has 0 aliphatic heterocycles. The Hall–Kier alpha value is -1.04. The Kier molecular flexibility index (Phi) is 3.15. The van der Waals surface area contributed by atoms with Crippen LogP contribution in [0.4, 0.5) is 13.2 Å². The number of alkyl halides is 3. The summed E-state index contributed by atoms with van der Waals surface area (Å²) < 4.78 is 38.3. The number of nitrogens with zero attached hydrogens (tertiary/aromatic N) is 2. The van der Waals surface area contributed by atoms with Crippen molar-refractivity contribution in [1.29, 1.82) is 0 Å². The van der Waals surface area contributed by atoms with E-state index in [9.17, 15) is 13.2 Å². The fourth-order valence-electron chi connectivity index (χ4n) is 1.25. The first-order valence-corrected chi connectivity index (χ1v) is 4.25. The molecule has 0 aromatic carbocycles. The van der Waals surface area contributed by atoms with Crippen molar-refractivity contribution in [3.8, 4) is 0 Å². The summed E-state index contributed by atoms with van der Waals surface area (Å²) in [7, 11) is 1.47. The number of aromatic nitrogens is 2. The lowest BCUT2D eigenvalue weighted by Crippen LogP contribution is -2.10. The van der Waals surface area contributed by atoms with Gasteiger partial charge in [0.2, 0.25) is 0 Å². The van der Waals surface area contributed by atoms with E-state index < -0.39 is 11.9 Å². The number of hydrogen-bond donors (Lipinski definition) is 1. The average Bonchev–Trinajstić information content (AvgIpc) is 2.42. The number of aryl methyl sites for hydroxylation is 2. The highest BCUT2D eigenvalue weighted by Crippen LogP contribution is 2.30. The minimum atomic E-state index is -4.37. The maximum atomic E-state index is 12.4. The number of nitrogens with two attached hydrogens (primary N) is 1. The van der Waals surface area contributed by atoms with Gasteiger partial charge in [0.25, 0.3) is 0 Å². The highest BCUT2D eigenvalue weighted by molar-refractivity contribution is 5.20. The predicted molar refractivity (Wildman–Crippen MR) is 45.6 cm³/mol. The van der Waals surface area contributed by atoms with E-state index in [0.29, 0.717) is 19.4 Å². The third-order valence-corrected chi connectivity index (χ3v) is 1.82. The Morgan fingerprint density at radius 3 is 2.64 bits per heavy atom. The Labute approximate surface area is 79.7 Å². The summed E-state index contributed by atoms with van der Waals surface area (Å²) in [6.45, 7) is 0.381. The fourth-order valence-corrected chi connectivity index (χ4v) is 1.25. The van der Waals surface area contributed by atoms with E-state index in [0.717, 1.165) is 0 Å². The Bertz CT molecular complexity index is 303. The van der Waals surface area contributed by atoms with Crippen molar-refractivity contribution in [1.82, 2.24) is 9.78 Å². The SMILES string of the molecule is Cn1cc(CCCN)c(C(F)(F)F)n1. The van der Waals surface area contributed by atoms with E-state index in [4.69, 9.17) is 5.73 Å². The van der Waals surface area contributed by atoms with Crippen LogP contribution in [0, 0.1) is 0 Å². The molecule has 0 unspecified atom stereocenters. The summed E-state index contributed by atoms with van der Waals surface area (Å²) >= 11 is 0. The number of hydrogen-bond acceptors (Lipinski definition) is 2. The molecule has 1 rings (SSSR count). The van der Waals surface area contributed by atoms with Gasteiger partial charge >= 0.3 is 6.18 Å². The average molecular weight is 207 g/mol. The number of halogens is 3. The zero-order chi connectivity index (χ0) is 10.8. The van der Waals surface area contributed by atoms with E-state index in [2.05, 4.69) is 5.10 Å². The molecule has 0 atom stereocenters. The van der Waals surface area contributed by atoms with Crippen LogP contribution in [0.25, 0.3) is 0 Å². The molecule has 0 spiro atoms. The maximum Gasteiger partial charge on any atom is 0.435 e. The van der Waals surface area contributed by atoms with Crippen molar-refractivity contribution in [3.05, 3.63) is 17.5 Å². The number of rotatable bonds is 3. The molecule has 1 aromatic heterocycles. The molecule has 2 N–H and O–H groups in total. The Balaban J connectivity index is 2.91. The van der Waals surface area contributed by atoms with Crippen molar-refractivity contribution < 1.29 is 13.2 Å². The van der Waals surface area contributed by atoms with Gasteiger partial charge in [-0.3, -0.25) is 4.68 Å². The molecule has 6 heteroatoms. The minimum absolute atomic E-state index is 0.213. The zero-order valence-corrected chi connectivity index (χ0v) is 7.80. The molecule has 0 radical (unpaired) electrons. The van der Waals surface area contributed by atoms with Crippen LogP contribution in [0.1, 0.15) is 17.7 Å². The second kappa shape index (κ2) is 4.00. The summed E-state index contributed by atoms with van der Waals surface area (Å²) in [6, 6.07) is 0. The molecule has 0 saturated heterocycles. The van der Waals surface area contributed by atoms with Gasteiger partial charge in [0.05, 0.1) is 0 Å². The topological polar surface area (TPSA) is 43.8 Å². The summed E-state index contributed by atoms with van der Waals surface area (Å²) in [5.74, 6) is 0. The molecule has 80 valence electrons. The summed E-state index contributed by atoms with van der Waals surface area (Å²) in [5.41, 5.74) is 4.65. The van der Waals surface area contributed by atoms with Gasteiger partial charge in [-0.25, -0.2) is 0 Å². The van der Waals surface area contributed by atoms with Gasteiger partial charge in [-0.2, -0.15) is 18.3 Å². The molecule has 1 aromatic rings. The minimum Gasteiger partial charge on any atom is -0.330 e. The van der Waals surface area contributed by atoms with Crippen LogP contribution in [-0.4, -0.2) is 16.3 Å². The van der Waals surface area contributed by atoms with Gasteiger partial charge in [0.15, 0.2) is 5.69 Å². The van der Waals surface area contributed by atoms with Crippen LogP contribution in [0.3, 0.4) is 0 Å². The summed E-state index contributed by atoms with van der Waals surface area (Å²) in [6.07, 6.45) is -2.13. The molecule has 0 aliphatic rings. The molecular weight excluding hydrogens is 195 g/mol. The highest BCUT2D eigenvalue weighted by Gasteiger charge is 2.36. The van der Waals surface area contributed by atoms with Crippen molar-refractivity contribution in [2.75, 3.05) is 6.54 Å². The van der Waals surface area contributed by atoms with E-state index in [1.165, 1.54) is 17.9 Å². The van der Waals surface area contributed by atoms with Gasteiger partial charge in [0, 0.05) is 18.8 Å². The van der Waals surface area contributed by atoms with Crippen molar-refractivity contribution in [3.63, 3.8) is 0 Å². The predicted octanol–water partition coefficient (Wildman–Crippen LogP) is 1.33. The summed E-state index contributed by atoms with van der Waals surface area (Å²) in [5, 5.41) is 3.39. The first kappa shape index (κ1) is 11.0. The lowest BCUT2D eigenvalue weighted by molar-refractivity contribution is -0.142. The van der Waals surface area contributed by atoms with Crippen LogP contribution in [0.15, 0.2) is 6.20 Å². The molecule has 1 heterocycles. The molecule has 0 amide bonds. The van der Waals surface area contributed by atoms with E-state index in [1.54, 1.807) is 0 Å². The second-order valence-electron chi connectivity index (χ2n) is 3.07. The third-order valence-electron chi connectivity index (χ3n) is 1.82. The molecule has 14 heavy (non-hydrogen) atoms. The first-order chi connectivity index (χ1) is 6.45. The van der Waals surface area contributed by atoms with Crippen LogP contribution < -0.4 is 5.73 Å². The van der Waals surface area contributed by atoms with Crippen LogP contribution in [-0.2, 0) is 19.6 Å². The quantitative estimate of drug-likeness (QED) is 0.812. The van der Waals surface area contributed by atoms with Gasteiger partial charge in [-0.1, -0.05) is 0 Å². The largest absolute Gasteiger partial charge is 0.435 e. The van der Waals surface area contributed by atoms with Crippen LogP contribution >= 0.6 is 0 Å². The monoisotopic (exact) mass is 207 g/mol. The smallest absolute Gasteiger partial charge is 0.330 e. The zero-order valence-electron chi connectivity index (χ0n) is 7.80. The van der Waals surface area contributed by atoms with Crippen molar-refractivity contribution in [2.45, 2.75) is 19.0 Å². The molecular formula is C8H12F3N3. The van der Waals surface area contributed by atoms with Gasteiger partial charge in [-0.15, -0.1) is 0 Å². The normalized spacial score (nSPS) is 12.1. The van der Waals surface area contributed by atoms with Crippen molar-refractivity contribution in [2.24, 2.45) is 12.8 Å². The molecule has 3 nitrogen and oxygen atoms in total. The van der Waals surface area contributed by atoms with E-state index >= 15 is 0 Å². The van der Waals surface area contributed by atoms with Crippen LogP contribution in [0.2, 0.25) is 0 Å². The summed E-state index contributed by atoms with van der Waals surface area (Å²) in [4.78, 5) is 0. The van der Waals surface area contributed by atoms with Gasteiger partial charge in [-0.05, 0) is 19.4 Å². The van der Waals surface area contributed by atoms with Crippen LogP contribution in [0.5, 0.6) is 0 Å². The van der Waals surface area contributed by atoms with Gasteiger partial charge < -0.3 is 5.73 Å². The molecule has 0 aliphatic carbocycles. The molecule has 0 saturated carbocycles. The first-order valence-electron chi connectivity index (χ1n) is 4.25. The van der Waals surface area contributed by atoms with Gasteiger partial charge in [0.1, 0.15) is 0 Å². The van der Waals surface area contributed by atoms with E-state index in [1.807, 2.05) is 0 Å². The maximum absolute atomic E-state index is 12.4. The second-order valence-corrected chi connectivity index (χ2v) is 3.07.